The molecule has 1 rings (SSSR count). The van der Waals surface area contributed by atoms with Crippen LogP contribution in [0.4, 0.5) is 0 Å². The summed E-state index contributed by atoms with van der Waals surface area (Å²) < 4.78 is -5.71. The second-order valence-corrected chi connectivity index (χ2v) is 8.66. The van der Waals surface area contributed by atoms with Gasteiger partial charge in [-0.3, -0.25) is 10.3 Å². The monoisotopic (exact) mass is 385 g/mol. The third-order valence-corrected chi connectivity index (χ3v) is 4.71. The molecule has 0 spiro atoms. The van der Waals surface area contributed by atoms with Gasteiger partial charge in [-0.2, -0.15) is 5.10 Å². The van der Waals surface area contributed by atoms with Gasteiger partial charge in [-0.1, -0.05) is 92.8 Å². The van der Waals surface area contributed by atoms with Crippen molar-refractivity contribution in [2.45, 2.75) is 18.2 Å². The highest BCUT2D eigenvalue weighted by Crippen LogP contribution is 2.50. The number of nitrogens with one attached hydrogen (secondary N) is 1. The van der Waals surface area contributed by atoms with Gasteiger partial charge in [0.05, 0.1) is 0 Å². The largest absolute Gasteiger partial charge is 0.292 e. The zero-order valence-corrected chi connectivity index (χ0v) is 13.1. The highest BCUT2D eigenvalue weighted by atomic mass is 35.6. The third-order valence-electron chi connectivity index (χ3n) is 1.67. The summed E-state index contributed by atoms with van der Waals surface area (Å²) in [4.78, 5) is 1.10. The smallest absolute Gasteiger partial charge is 0.270 e. The van der Waals surface area contributed by atoms with Gasteiger partial charge in [-0.25, -0.2) is 0 Å². The molecule has 0 bridgehead atoms. The Bertz CT molecular complexity index is 291. The van der Waals surface area contributed by atoms with Crippen LogP contribution in [0.15, 0.2) is 5.10 Å². The highest BCUT2D eigenvalue weighted by Gasteiger charge is 2.57. The molecule has 11 heteroatoms. The van der Waals surface area contributed by atoms with E-state index >= 15 is 0 Å². The molecule has 1 N–H and O–H groups in total. The van der Waals surface area contributed by atoms with Crippen molar-refractivity contribution in [1.29, 1.82) is 0 Å². The van der Waals surface area contributed by atoms with Crippen molar-refractivity contribution in [2.24, 2.45) is 5.10 Å². The molecule has 1 unspecified atom stereocenters. The summed E-state index contributed by atoms with van der Waals surface area (Å²) in [6.45, 7) is 0. The van der Waals surface area contributed by atoms with Crippen molar-refractivity contribution < 1.29 is 0 Å². The minimum atomic E-state index is -2.00. The lowest BCUT2D eigenvalue weighted by molar-refractivity contribution is 0.279. The standard InChI is InChI=1S/C5H3Cl8N3/c6-3(7,4(8,9)10)2-15-14-1-16(2)5(11,12)13/h1-2,15H. The van der Waals surface area contributed by atoms with Gasteiger partial charge in [0.1, 0.15) is 6.34 Å². The van der Waals surface area contributed by atoms with E-state index in [9.17, 15) is 0 Å². The molecule has 0 saturated carbocycles. The van der Waals surface area contributed by atoms with Crippen LogP contribution in [-0.4, -0.2) is 29.4 Å². The second kappa shape index (κ2) is 4.93. The van der Waals surface area contributed by atoms with Crippen LogP contribution in [0.2, 0.25) is 0 Å². The zero-order chi connectivity index (χ0) is 12.8. The predicted octanol–water partition coefficient (Wildman–Crippen LogP) is 4.03. The minimum absolute atomic E-state index is 1.00. The topological polar surface area (TPSA) is 27.6 Å². The van der Waals surface area contributed by atoms with E-state index in [4.69, 9.17) is 92.8 Å². The summed E-state index contributed by atoms with van der Waals surface area (Å²) in [5.41, 5.74) is 2.48. The Labute approximate surface area is 132 Å². The maximum Gasteiger partial charge on any atom is 0.270 e. The van der Waals surface area contributed by atoms with Gasteiger partial charge in [0, 0.05) is 0 Å². The molecule has 3 nitrogen and oxygen atoms in total. The molecule has 0 saturated heterocycles. The first-order valence-electron chi connectivity index (χ1n) is 3.56. The number of hydrogen-bond donors (Lipinski definition) is 1. The number of nitrogens with zero attached hydrogens (tertiary/aromatic N) is 2. The van der Waals surface area contributed by atoms with Crippen LogP contribution in [0.5, 0.6) is 0 Å². The quantitative estimate of drug-likeness (QED) is 0.542. The molecule has 0 amide bonds. The third kappa shape index (κ3) is 3.12. The first-order valence-corrected chi connectivity index (χ1v) is 6.58. The van der Waals surface area contributed by atoms with Crippen LogP contribution in [0, 0.1) is 0 Å². The van der Waals surface area contributed by atoms with Crippen LogP contribution in [-0.2, 0) is 0 Å². The molecular weight excluding hydrogens is 386 g/mol. The molecule has 1 heterocycles. The number of hydrogen-bond acceptors (Lipinski definition) is 3. The van der Waals surface area contributed by atoms with E-state index in [2.05, 4.69) is 10.5 Å². The van der Waals surface area contributed by atoms with Gasteiger partial charge in [0.15, 0.2) is 6.17 Å². The Kier molecular flexibility index (Phi) is 4.82. The van der Waals surface area contributed by atoms with Crippen molar-refractivity contribution in [3.05, 3.63) is 0 Å². The molecule has 1 aliphatic heterocycles. The first-order chi connectivity index (χ1) is 6.98. The summed E-state index contributed by atoms with van der Waals surface area (Å²) in [5, 5.41) is 3.65. The van der Waals surface area contributed by atoms with Crippen LogP contribution in [0.1, 0.15) is 0 Å². The van der Waals surface area contributed by atoms with Crippen molar-refractivity contribution in [2.75, 3.05) is 0 Å². The van der Waals surface area contributed by atoms with E-state index in [1.165, 1.54) is 6.34 Å². The fourth-order valence-corrected chi connectivity index (χ4v) is 1.96. The van der Waals surface area contributed by atoms with Gasteiger partial charge < -0.3 is 0 Å². The number of halogens is 8. The average Bonchev–Trinajstić information content (AvgIpc) is 2.47. The number of rotatable bonds is 1. The van der Waals surface area contributed by atoms with E-state index in [1.807, 2.05) is 0 Å². The van der Waals surface area contributed by atoms with Crippen LogP contribution < -0.4 is 5.43 Å². The van der Waals surface area contributed by atoms with E-state index in [0.29, 0.717) is 0 Å². The summed E-state index contributed by atoms with van der Waals surface area (Å²) >= 11 is 45.8. The molecular formula is C5H3Cl8N3. The lowest BCUT2D eigenvalue weighted by atomic mass is 10.3. The molecule has 0 aromatic rings. The number of alkyl halides is 8. The lowest BCUT2D eigenvalue weighted by Gasteiger charge is -2.39. The van der Waals surface area contributed by atoms with E-state index in [1.54, 1.807) is 0 Å². The molecule has 0 aliphatic carbocycles. The van der Waals surface area contributed by atoms with Gasteiger partial charge in [0.2, 0.25) is 8.13 Å². The van der Waals surface area contributed by atoms with Crippen molar-refractivity contribution in [3.63, 3.8) is 0 Å². The van der Waals surface area contributed by atoms with E-state index < -0.39 is 18.2 Å². The maximum absolute atomic E-state index is 5.93. The van der Waals surface area contributed by atoms with Gasteiger partial charge in [-0.15, -0.1) is 0 Å². The normalized spacial score (nSPS) is 22.5. The molecule has 0 radical (unpaired) electrons. The molecule has 1 aliphatic rings. The second-order valence-electron chi connectivity index (χ2n) is 2.77. The first kappa shape index (κ1) is 15.6. The zero-order valence-electron chi connectivity index (χ0n) is 7.07. The molecule has 1 atom stereocenters. The summed E-state index contributed by atoms with van der Waals surface area (Å²) in [5.74, 6) is 0. The fraction of sp³-hybridized carbons (Fsp3) is 0.800. The fourth-order valence-electron chi connectivity index (χ4n) is 0.918. The average molecular weight is 389 g/mol. The van der Waals surface area contributed by atoms with Crippen molar-refractivity contribution >= 4 is 99.1 Å². The Morgan fingerprint density at radius 1 is 1.00 bits per heavy atom. The Morgan fingerprint density at radius 3 is 1.88 bits per heavy atom. The predicted molar refractivity (Wildman–Crippen MR) is 72.3 cm³/mol. The van der Waals surface area contributed by atoms with Crippen LogP contribution in [0.25, 0.3) is 0 Å². The Balaban J connectivity index is 2.98. The number of hydrazone groups is 1. The van der Waals surface area contributed by atoms with Gasteiger partial charge in [-0.05, 0) is 0 Å². The lowest BCUT2D eigenvalue weighted by Crippen LogP contribution is -2.58. The summed E-state index contributed by atoms with van der Waals surface area (Å²) in [7, 11) is 0. The molecule has 0 aromatic heterocycles. The van der Waals surface area contributed by atoms with Gasteiger partial charge in [0.25, 0.3) is 3.92 Å². The Hall–Kier alpha value is 1.59. The van der Waals surface area contributed by atoms with Crippen molar-refractivity contribution in [3.8, 4) is 0 Å². The van der Waals surface area contributed by atoms with E-state index in [-0.39, 0.29) is 0 Å². The minimum Gasteiger partial charge on any atom is -0.292 e. The summed E-state index contributed by atoms with van der Waals surface area (Å²) in [6.07, 6.45) is 0.184. The molecule has 0 fully saturated rings. The van der Waals surface area contributed by atoms with E-state index in [0.717, 1.165) is 4.90 Å². The maximum atomic E-state index is 5.93. The van der Waals surface area contributed by atoms with Crippen LogP contribution in [0.3, 0.4) is 0 Å². The summed E-state index contributed by atoms with van der Waals surface area (Å²) in [6, 6.07) is 0. The van der Waals surface area contributed by atoms with Crippen molar-refractivity contribution in [1.82, 2.24) is 10.3 Å². The van der Waals surface area contributed by atoms with Gasteiger partial charge >= 0.3 is 0 Å². The van der Waals surface area contributed by atoms with Crippen LogP contribution >= 0.6 is 92.8 Å². The SMILES string of the molecule is ClC(Cl)(Cl)N1C=NNC1C(Cl)(Cl)C(Cl)(Cl)Cl. The molecule has 16 heavy (non-hydrogen) atoms. The highest BCUT2D eigenvalue weighted by molar-refractivity contribution is 6.76. The molecule has 94 valence electrons. The molecule has 0 aromatic carbocycles. The Morgan fingerprint density at radius 2 is 1.50 bits per heavy atom.